The molecule has 2 aliphatic rings. The van der Waals surface area contributed by atoms with E-state index in [4.69, 9.17) is 16.3 Å². The van der Waals surface area contributed by atoms with Crippen LogP contribution in [0.1, 0.15) is 30.0 Å². The van der Waals surface area contributed by atoms with Crippen molar-refractivity contribution in [3.63, 3.8) is 0 Å². The highest BCUT2D eigenvalue weighted by Crippen LogP contribution is 2.35. The van der Waals surface area contributed by atoms with E-state index in [9.17, 15) is 4.79 Å². The van der Waals surface area contributed by atoms with E-state index in [0.29, 0.717) is 13.2 Å². The number of carbonyl (C=O) groups excluding carboxylic acids is 1. The first-order chi connectivity index (χ1) is 9.25. The van der Waals surface area contributed by atoms with Gasteiger partial charge in [-0.2, -0.15) is 0 Å². The largest absolute Gasteiger partial charge is 0.381 e. The van der Waals surface area contributed by atoms with Crippen molar-refractivity contribution in [1.29, 1.82) is 0 Å². The molecule has 0 saturated carbocycles. The lowest BCUT2D eigenvalue weighted by molar-refractivity contribution is -0.128. The van der Waals surface area contributed by atoms with Crippen molar-refractivity contribution in [3.8, 4) is 0 Å². The zero-order valence-corrected chi connectivity index (χ0v) is 11.5. The highest BCUT2D eigenvalue weighted by atomic mass is 35.5. The Balaban J connectivity index is 1.71. The van der Waals surface area contributed by atoms with Gasteiger partial charge in [0.1, 0.15) is 0 Å². The number of benzene rings is 1. The number of hydrogen-bond donors (Lipinski definition) is 1. The summed E-state index contributed by atoms with van der Waals surface area (Å²) in [4.78, 5) is 12.3. The second kappa shape index (κ2) is 5.51. The molecule has 4 heteroatoms. The molecule has 2 unspecified atom stereocenters. The van der Waals surface area contributed by atoms with Gasteiger partial charge in [0.25, 0.3) is 0 Å². The van der Waals surface area contributed by atoms with Crippen molar-refractivity contribution in [1.82, 2.24) is 5.32 Å². The van der Waals surface area contributed by atoms with E-state index in [1.807, 2.05) is 12.1 Å². The Morgan fingerprint density at radius 1 is 1.26 bits per heavy atom. The number of ether oxygens (including phenoxy) is 1. The number of hydrogen-bond acceptors (Lipinski definition) is 2. The number of halogens is 1. The monoisotopic (exact) mass is 279 g/mol. The molecule has 0 aromatic heterocycles. The summed E-state index contributed by atoms with van der Waals surface area (Å²) >= 11 is 6.39. The maximum atomic E-state index is 12.3. The van der Waals surface area contributed by atoms with Gasteiger partial charge >= 0.3 is 0 Å². The molecule has 1 aromatic rings. The number of fused-ring (bicyclic) bond motifs is 1. The molecule has 102 valence electrons. The normalized spacial score (nSPS) is 27.0. The van der Waals surface area contributed by atoms with E-state index in [1.54, 1.807) is 0 Å². The lowest BCUT2D eigenvalue weighted by Gasteiger charge is -2.25. The van der Waals surface area contributed by atoms with Crippen molar-refractivity contribution in [3.05, 3.63) is 35.4 Å². The molecule has 1 aliphatic heterocycles. The van der Waals surface area contributed by atoms with Crippen LogP contribution in [0.2, 0.25) is 0 Å². The molecule has 1 heterocycles. The minimum atomic E-state index is -0.0480. The summed E-state index contributed by atoms with van der Waals surface area (Å²) in [6.45, 7) is 1.37. The van der Waals surface area contributed by atoms with Gasteiger partial charge in [0.15, 0.2) is 0 Å². The third-order valence-electron chi connectivity index (χ3n) is 4.06. The molecule has 2 atom stereocenters. The third kappa shape index (κ3) is 2.63. The van der Waals surface area contributed by atoms with Crippen LogP contribution in [-0.2, 0) is 16.0 Å². The Bertz CT molecular complexity index is 471. The van der Waals surface area contributed by atoms with Gasteiger partial charge in [-0.25, -0.2) is 0 Å². The van der Waals surface area contributed by atoms with Gasteiger partial charge in [-0.3, -0.25) is 4.79 Å². The summed E-state index contributed by atoms with van der Waals surface area (Å²) in [5, 5.41) is 3.09. The smallest absolute Gasteiger partial charge is 0.223 e. The summed E-state index contributed by atoms with van der Waals surface area (Å²) in [6, 6.07) is 8.12. The summed E-state index contributed by atoms with van der Waals surface area (Å²) in [6.07, 6.45) is 2.46. The Morgan fingerprint density at radius 3 is 2.79 bits per heavy atom. The fraction of sp³-hybridized carbons (Fsp3) is 0.533. The van der Waals surface area contributed by atoms with Crippen LogP contribution in [0.3, 0.4) is 0 Å². The Hall–Kier alpha value is -1.06. The summed E-state index contributed by atoms with van der Waals surface area (Å²) in [5.74, 6) is 0.195. The minimum absolute atomic E-state index is 0.0406. The molecular formula is C15H18ClNO2. The average molecular weight is 280 g/mol. The van der Waals surface area contributed by atoms with Gasteiger partial charge in [-0.1, -0.05) is 24.3 Å². The van der Waals surface area contributed by atoms with Crippen molar-refractivity contribution < 1.29 is 9.53 Å². The average Bonchev–Trinajstić information content (AvgIpc) is 2.76. The predicted octanol–water partition coefficient (Wildman–Crippen LogP) is 2.43. The van der Waals surface area contributed by atoms with Crippen molar-refractivity contribution in [2.45, 2.75) is 30.7 Å². The number of carbonyl (C=O) groups is 1. The van der Waals surface area contributed by atoms with Crippen molar-refractivity contribution >= 4 is 17.5 Å². The fourth-order valence-corrected chi connectivity index (χ4v) is 3.31. The SMILES string of the molecule is O=C(NC1c2ccccc2CC1Cl)C1CCOCC1. The highest BCUT2D eigenvalue weighted by Gasteiger charge is 2.33. The Morgan fingerprint density at radius 2 is 2.00 bits per heavy atom. The standard InChI is InChI=1S/C15H18ClNO2/c16-13-9-11-3-1-2-4-12(11)14(13)17-15(18)10-5-7-19-8-6-10/h1-4,10,13-14H,5-9H2,(H,17,18). The topological polar surface area (TPSA) is 38.3 Å². The van der Waals surface area contributed by atoms with Crippen LogP contribution in [0.5, 0.6) is 0 Å². The molecule has 19 heavy (non-hydrogen) atoms. The van der Waals surface area contributed by atoms with E-state index >= 15 is 0 Å². The molecule has 1 saturated heterocycles. The van der Waals surface area contributed by atoms with Gasteiger partial charge in [-0.15, -0.1) is 11.6 Å². The van der Waals surface area contributed by atoms with Crippen LogP contribution in [0.15, 0.2) is 24.3 Å². The van der Waals surface area contributed by atoms with Crippen LogP contribution in [0.25, 0.3) is 0 Å². The van der Waals surface area contributed by atoms with Gasteiger partial charge in [-0.05, 0) is 30.4 Å². The van der Waals surface area contributed by atoms with E-state index in [0.717, 1.165) is 19.3 Å². The van der Waals surface area contributed by atoms with E-state index in [2.05, 4.69) is 17.4 Å². The number of amides is 1. The summed E-state index contributed by atoms with van der Waals surface area (Å²) < 4.78 is 5.29. The van der Waals surface area contributed by atoms with Gasteiger partial charge in [0.05, 0.1) is 11.4 Å². The van der Waals surface area contributed by atoms with Crippen molar-refractivity contribution in [2.75, 3.05) is 13.2 Å². The minimum Gasteiger partial charge on any atom is -0.381 e. The molecule has 3 rings (SSSR count). The highest BCUT2D eigenvalue weighted by molar-refractivity contribution is 6.21. The number of alkyl halides is 1. The van der Waals surface area contributed by atoms with E-state index in [1.165, 1.54) is 11.1 Å². The van der Waals surface area contributed by atoms with Gasteiger partial charge in [0.2, 0.25) is 5.91 Å². The maximum absolute atomic E-state index is 12.3. The molecule has 1 fully saturated rings. The van der Waals surface area contributed by atoms with Gasteiger partial charge < -0.3 is 10.1 Å². The van der Waals surface area contributed by atoms with Crippen LogP contribution >= 0.6 is 11.6 Å². The van der Waals surface area contributed by atoms with E-state index in [-0.39, 0.29) is 23.2 Å². The van der Waals surface area contributed by atoms with Gasteiger partial charge in [0, 0.05) is 19.1 Å². The van der Waals surface area contributed by atoms with Crippen LogP contribution in [0.4, 0.5) is 0 Å². The van der Waals surface area contributed by atoms with Crippen LogP contribution in [0, 0.1) is 5.92 Å². The molecule has 0 radical (unpaired) electrons. The number of rotatable bonds is 2. The molecule has 1 aromatic carbocycles. The van der Waals surface area contributed by atoms with Crippen molar-refractivity contribution in [2.24, 2.45) is 5.92 Å². The molecule has 3 nitrogen and oxygen atoms in total. The maximum Gasteiger partial charge on any atom is 0.223 e. The molecule has 0 bridgehead atoms. The molecule has 1 aliphatic carbocycles. The molecule has 1 amide bonds. The fourth-order valence-electron chi connectivity index (χ4n) is 2.95. The zero-order chi connectivity index (χ0) is 13.2. The Labute approximate surface area is 118 Å². The lowest BCUT2D eigenvalue weighted by atomic mass is 9.98. The molecule has 1 N–H and O–H groups in total. The first-order valence-corrected chi connectivity index (χ1v) is 7.29. The summed E-state index contributed by atoms with van der Waals surface area (Å²) in [5.41, 5.74) is 2.42. The quantitative estimate of drug-likeness (QED) is 0.845. The van der Waals surface area contributed by atoms with Crippen LogP contribution < -0.4 is 5.32 Å². The lowest BCUT2D eigenvalue weighted by Crippen LogP contribution is -2.38. The third-order valence-corrected chi connectivity index (χ3v) is 4.46. The number of nitrogens with one attached hydrogen (secondary N) is 1. The predicted molar refractivity (Wildman–Crippen MR) is 74.2 cm³/mol. The first-order valence-electron chi connectivity index (χ1n) is 6.85. The first kappa shape index (κ1) is 12.9. The Kier molecular flexibility index (Phi) is 3.76. The zero-order valence-electron chi connectivity index (χ0n) is 10.8. The molecular weight excluding hydrogens is 262 g/mol. The molecule has 0 spiro atoms. The second-order valence-corrected chi connectivity index (χ2v) is 5.85. The second-order valence-electron chi connectivity index (χ2n) is 5.29. The van der Waals surface area contributed by atoms with Crippen LogP contribution in [-0.4, -0.2) is 24.5 Å². The van der Waals surface area contributed by atoms with E-state index < -0.39 is 0 Å². The summed E-state index contributed by atoms with van der Waals surface area (Å²) in [7, 11) is 0.